The summed E-state index contributed by atoms with van der Waals surface area (Å²) in [6, 6.07) is 9.38. The first-order valence-corrected chi connectivity index (χ1v) is 9.20. The number of carbonyl (C=O) groups is 1. The molecule has 1 saturated heterocycles. The standard InChI is InChI=1S/C21H25N3O3/c1-3-27-18-9-6-16(14-19(18)26-2)7-11-21(25)23-17-8-10-20(22-15-17)24-12-4-5-13-24/h6-11,14-15H,3-5,12-13H2,1-2H3,(H,23,25)/b11-7+. The highest BCUT2D eigenvalue weighted by atomic mass is 16.5. The average molecular weight is 367 g/mol. The number of nitrogens with one attached hydrogen (secondary N) is 1. The van der Waals surface area contributed by atoms with E-state index in [9.17, 15) is 4.79 Å². The molecule has 27 heavy (non-hydrogen) atoms. The van der Waals surface area contributed by atoms with E-state index in [0.717, 1.165) is 24.5 Å². The lowest BCUT2D eigenvalue weighted by Gasteiger charge is -2.16. The van der Waals surface area contributed by atoms with Gasteiger partial charge in [0.15, 0.2) is 11.5 Å². The molecule has 1 aliphatic rings. The van der Waals surface area contributed by atoms with Crippen molar-refractivity contribution in [2.24, 2.45) is 0 Å². The van der Waals surface area contributed by atoms with Crippen molar-refractivity contribution in [2.75, 3.05) is 37.0 Å². The fourth-order valence-corrected chi connectivity index (χ4v) is 3.01. The lowest BCUT2D eigenvalue weighted by atomic mass is 10.2. The number of hydrogen-bond donors (Lipinski definition) is 1. The molecule has 0 radical (unpaired) electrons. The molecule has 1 aliphatic heterocycles. The maximum Gasteiger partial charge on any atom is 0.248 e. The summed E-state index contributed by atoms with van der Waals surface area (Å²) in [5.74, 6) is 2.08. The number of ether oxygens (including phenoxy) is 2. The van der Waals surface area contributed by atoms with Crippen molar-refractivity contribution in [3.63, 3.8) is 0 Å². The Morgan fingerprint density at radius 1 is 1.22 bits per heavy atom. The van der Waals surface area contributed by atoms with Crippen molar-refractivity contribution >= 4 is 23.5 Å². The number of aromatic nitrogens is 1. The SMILES string of the molecule is CCOc1ccc(/C=C/C(=O)Nc2ccc(N3CCCC3)nc2)cc1OC. The van der Waals surface area contributed by atoms with Crippen molar-refractivity contribution in [1.82, 2.24) is 4.98 Å². The number of amides is 1. The predicted molar refractivity (Wildman–Crippen MR) is 108 cm³/mol. The lowest BCUT2D eigenvalue weighted by Crippen LogP contribution is -2.18. The number of carbonyl (C=O) groups excluding carboxylic acids is 1. The molecule has 1 fully saturated rings. The topological polar surface area (TPSA) is 63.7 Å². The second-order valence-corrected chi connectivity index (χ2v) is 6.27. The van der Waals surface area contributed by atoms with Crippen molar-refractivity contribution in [1.29, 1.82) is 0 Å². The maximum absolute atomic E-state index is 12.2. The third kappa shape index (κ3) is 5.00. The minimum Gasteiger partial charge on any atom is -0.493 e. The largest absolute Gasteiger partial charge is 0.493 e. The van der Waals surface area contributed by atoms with Crippen molar-refractivity contribution in [2.45, 2.75) is 19.8 Å². The van der Waals surface area contributed by atoms with Gasteiger partial charge in [0.25, 0.3) is 0 Å². The molecule has 142 valence electrons. The van der Waals surface area contributed by atoms with Gasteiger partial charge in [-0.2, -0.15) is 0 Å². The molecule has 1 amide bonds. The van der Waals surface area contributed by atoms with Crippen LogP contribution >= 0.6 is 0 Å². The minimum absolute atomic E-state index is 0.210. The van der Waals surface area contributed by atoms with Crippen molar-refractivity contribution < 1.29 is 14.3 Å². The molecular weight excluding hydrogens is 342 g/mol. The van der Waals surface area contributed by atoms with Gasteiger partial charge in [-0.15, -0.1) is 0 Å². The van der Waals surface area contributed by atoms with Crippen LogP contribution in [0, 0.1) is 0 Å². The normalized spacial score (nSPS) is 13.8. The van der Waals surface area contributed by atoms with Gasteiger partial charge in [-0.1, -0.05) is 6.07 Å². The predicted octanol–water partition coefficient (Wildman–Crippen LogP) is 3.74. The Bertz CT molecular complexity index is 797. The van der Waals surface area contributed by atoms with Crippen molar-refractivity contribution in [3.8, 4) is 11.5 Å². The van der Waals surface area contributed by atoms with Crippen LogP contribution in [-0.2, 0) is 4.79 Å². The molecule has 3 rings (SSSR count). The Morgan fingerprint density at radius 3 is 2.70 bits per heavy atom. The third-order valence-corrected chi connectivity index (χ3v) is 4.36. The summed E-state index contributed by atoms with van der Waals surface area (Å²) in [4.78, 5) is 18.9. The van der Waals surface area contributed by atoms with E-state index in [1.54, 1.807) is 19.4 Å². The molecule has 6 nitrogen and oxygen atoms in total. The van der Waals surface area contributed by atoms with Crippen LogP contribution < -0.4 is 19.7 Å². The van der Waals surface area contributed by atoms with Gasteiger partial charge in [-0.25, -0.2) is 4.98 Å². The molecule has 1 N–H and O–H groups in total. The van der Waals surface area contributed by atoms with E-state index in [1.807, 2.05) is 37.3 Å². The third-order valence-electron chi connectivity index (χ3n) is 4.36. The van der Waals surface area contributed by atoms with Crippen LogP contribution in [0.5, 0.6) is 11.5 Å². The van der Waals surface area contributed by atoms with Crippen LogP contribution in [0.1, 0.15) is 25.3 Å². The summed E-state index contributed by atoms with van der Waals surface area (Å²) in [5.41, 5.74) is 1.53. The molecule has 0 atom stereocenters. The van der Waals surface area contributed by atoms with Crippen LogP contribution in [-0.4, -0.2) is 37.7 Å². The molecular formula is C21H25N3O3. The lowest BCUT2D eigenvalue weighted by molar-refractivity contribution is -0.111. The number of methoxy groups -OCH3 is 1. The molecule has 0 unspecified atom stereocenters. The zero-order valence-corrected chi connectivity index (χ0v) is 15.8. The summed E-state index contributed by atoms with van der Waals surface area (Å²) >= 11 is 0. The Hall–Kier alpha value is -3.02. The molecule has 1 aromatic carbocycles. The average Bonchev–Trinajstić information content (AvgIpc) is 3.23. The number of benzene rings is 1. The number of nitrogens with zero attached hydrogens (tertiary/aromatic N) is 2. The summed E-state index contributed by atoms with van der Waals surface area (Å²) in [7, 11) is 1.59. The smallest absolute Gasteiger partial charge is 0.248 e. The van der Waals surface area contributed by atoms with E-state index < -0.39 is 0 Å². The highest BCUT2D eigenvalue weighted by molar-refractivity contribution is 6.01. The molecule has 2 heterocycles. The van der Waals surface area contributed by atoms with Gasteiger partial charge in [-0.3, -0.25) is 4.79 Å². The van der Waals surface area contributed by atoms with Gasteiger partial charge in [0, 0.05) is 19.2 Å². The summed E-state index contributed by atoms with van der Waals surface area (Å²) < 4.78 is 10.8. The Morgan fingerprint density at radius 2 is 2.04 bits per heavy atom. The second kappa shape index (κ2) is 9.07. The van der Waals surface area contributed by atoms with Gasteiger partial charge >= 0.3 is 0 Å². The zero-order valence-electron chi connectivity index (χ0n) is 15.8. The Balaban J connectivity index is 1.60. The molecule has 6 heteroatoms. The molecule has 2 aromatic rings. The summed E-state index contributed by atoms with van der Waals surface area (Å²) in [6.45, 7) is 4.59. The van der Waals surface area contributed by atoms with Crippen LogP contribution in [0.15, 0.2) is 42.6 Å². The second-order valence-electron chi connectivity index (χ2n) is 6.27. The van der Waals surface area contributed by atoms with E-state index >= 15 is 0 Å². The number of pyridine rings is 1. The van der Waals surface area contributed by atoms with Gasteiger partial charge in [0.2, 0.25) is 5.91 Å². The number of rotatable bonds is 7. The van der Waals surface area contributed by atoms with E-state index in [0.29, 0.717) is 23.8 Å². The quantitative estimate of drug-likeness (QED) is 0.755. The molecule has 0 bridgehead atoms. The summed E-state index contributed by atoms with van der Waals surface area (Å²) in [6.07, 6.45) is 7.34. The van der Waals surface area contributed by atoms with Crippen LogP contribution in [0.4, 0.5) is 11.5 Å². The maximum atomic E-state index is 12.2. The summed E-state index contributed by atoms with van der Waals surface area (Å²) in [5, 5.41) is 2.83. The van der Waals surface area contributed by atoms with Crippen molar-refractivity contribution in [3.05, 3.63) is 48.2 Å². The van der Waals surface area contributed by atoms with Crippen LogP contribution in [0.2, 0.25) is 0 Å². The van der Waals surface area contributed by atoms with Gasteiger partial charge in [0.1, 0.15) is 5.82 Å². The molecule has 0 aliphatic carbocycles. The minimum atomic E-state index is -0.210. The van der Waals surface area contributed by atoms with E-state index in [-0.39, 0.29) is 5.91 Å². The number of anilines is 2. The molecule has 0 spiro atoms. The van der Waals surface area contributed by atoms with E-state index in [2.05, 4.69) is 15.2 Å². The zero-order chi connectivity index (χ0) is 19.1. The number of hydrogen-bond acceptors (Lipinski definition) is 5. The highest BCUT2D eigenvalue weighted by Crippen LogP contribution is 2.28. The molecule has 0 saturated carbocycles. The Kier molecular flexibility index (Phi) is 6.30. The van der Waals surface area contributed by atoms with Gasteiger partial charge < -0.3 is 19.7 Å². The first-order valence-electron chi connectivity index (χ1n) is 9.20. The van der Waals surface area contributed by atoms with E-state index in [1.165, 1.54) is 18.9 Å². The molecule has 1 aromatic heterocycles. The fourth-order valence-electron chi connectivity index (χ4n) is 3.01. The van der Waals surface area contributed by atoms with E-state index in [4.69, 9.17) is 9.47 Å². The first kappa shape index (κ1) is 18.8. The Labute approximate surface area is 159 Å². The monoisotopic (exact) mass is 367 g/mol. The fraction of sp³-hybridized carbons (Fsp3) is 0.333. The van der Waals surface area contributed by atoms with Crippen LogP contribution in [0.3, 0.4) is 0 Å². The van der Waals surface area contributed by atoms with Crippen LogP contribution in [0.25, 0.3) is 6.08 Å². The first-order chi connectivity index (χ1) is 13.2. The highest BCUT2D eigenvalue weighted by Gasteiger charge is 2.13. The van der Waals surface area contributed by atoms with Gasteiger partial charge in [0.05, 0.1) is 25.6 Å². The van der Waals surface area contributed by atoms with Gasteiger partial charge in [-0.05, 0) is 55.7 Å².